The maximum Gasteiger partial charge on any atom is 0.208 e. The van der Waals surface area contributed by atoms with Gasteiger partial charge in [0, 0.05) is 25.0 Å². The number of aliphatic hydroxyl groups excluding tert-OH is 1. The lowest BCUT2D eigenvalue weighted by molar-refractivity contribution is 0.0227. The third-order valence-corrected chi connectivity index (χ3v) is 5.18. The van der Waals surface area contributed by atoms with E-state index < -0.39 is 10.0 Å². The van der Waals surface area contributed by atoms with Gasteiger partial charge in [-0.2, -0.15) is 0 Å². The van der Waals surface area contributed by atoms with Crippen molar-refractivity contribution in [3.63, 3.8) is 0 Å². The molecular weight excluding hydrogens is 264 g/mol. The number of rotatable bonds is 5. The first-order valence-electron chi connectivity index (χ1n) is 7.34. The molecule has 0 bridgehead atoms. The summed E-state index contributed by atoms with van der Waals surface area (Å²) in [5.74, 6) is 0.384. The average Bonchev–Trinajstić information content (AvgIpc) is 2.76. The highest BCUT2D eigenvalue weighted by molar-refractivity contribution is 7.88. The molecule has 1 aliphatic carbocycles. The number of likely N-dealkylation sites (tertiary alicyclic amines) is 1. The van der Waals surface area contributed by atoms with Gasteiger partial charge >= 0.3 is 0 Å². The lowest BCUT2D eigenvalue weighted by Gasteiger charge is -2.37. The summed E-state index contributed by atoms with van der Waals surface area (Å²) in [4.78, 5) is 2.36. The van der Waals surface area contributed by atoms with Crippen LogP contribution in [0.3, 0.4) is 0 Å². The van der Waals surface area contributed by atoms with Gasteiger partial charge in [0.25, 0.3) is 0 Å². The van der Waals surface area contributed by atoms with Gasteiger partial charge in [0.1, 0.15) is 0 Å². The quantitative estimate of drug-likeness (QED) is 0.776. The molecule has 2 rings (SSSR count). The van der Waals surface area contributed by atoms with Crippen LogP contribution in [-0.4, -0.2) is 56.5 Å². The highest BCUT2D eigenvalue weighted by Gasteiger charge is 2.36. The molecule has 6 heteroatoms. The van der Waals surface area contributed by atoms with Crippen molar-refractivity contribution in [1.29, 1.82) is 0 Å². The van der Waals surface area contributed by atoms with Crippen LogP contribution in [0.2, 0.25) is 0 Å². The Morgan fingerprint density at radius 2 is 1.95 bits per heavy atom. The number of nitrogens with one attached hydrogen (secondary N) is 1. The van der Waals surface area contributed by atoms with E-state index in [-0.39, 0.29) is 6.10 Å². The third-order valence-electron chi connectivity index (χ3n) is 4.45. The van der Waals surface area contributed by atoms with E-state index in [4.69, 9.17) is 0 Å². The molecule has 1 saturated heterocycles. The SMILES string of the molecule is CS(=O)(=O)NCCN1CCC[C@@H]1[C@H]1CCCC[C@@H]1O. The third kappa shape index (κ3) is 4.41. The predicted molar refractivity (Wildman–Crippen MR) is 75.4 cm³/mol. The minimum atomic E-state index is -3.09. The molecule has 0 aromatic carbocycles. The first kappa shape index (κ1) is 15.2. The van der Waals surface area contributed by atoms with E-state index in [9.17, 15) is 13.5 Å². The zero-order valence-electron chi connectivity index (χ0n) is 11.7. The molecule has 1 heterocycles. The van der Waals surface area contributed by atoms with Crippen LogP contribution in [0, 0.1) is 5.92 Å². The Balaban J connectivity index is 1.86. The lowest BCUT2D eigenvalue weighted by atomic mass is 9.80. The normalized spacial score (nSPS) is 33.7. The van der Waals surface area contributed by atoms with Crippen molar-refractivity contribution >= 4 is 10.0 Å². The molecule has 112 valence electrons. The van der Waals surface area contributed by atoms with E-state index in [0.29, 0.717) is 18.5 Å². The van der Waals surface area contributed by atoms with Crippen LogP contribution in [0.25, 0.3) is 0 Å². The molecule has 0 amide bonds. The molecule has 2 aliphatic rings. The van der Waals surface area contributed by atoms with Crippen molar-refractivity contribution < 1.29 is 13.5 Å². The van der Waals surface area contributed by atoms with Crippen LogP contribution >= 0.6 is 0 Å². The molecular formula is C13H26N2O3S. The Morgan fingerprint density at radius 1 is 1.21 bits per heavy atom. The van der Waals surface area contributed by atoms with Crippen LogP contribution in [0.5, 0.6) is 0 Å². The molecule has 19 heavy (non-hydrogen) atoms. The van der Waals surface area contributed by atoms with Gasteiger partial charge in [0.2, 0.25) is 10.0 Å². The van der Waals surface area contributed by atoms with Gasteiger partial charge in [0.05, 0.1) is 12.4 Å². The topological polar surface area (TPSA) is 69.6 Å². The molecule has 1 saturated carbocycles. The van der Waals surface area contributed by atoms with Gasteiger partial charge in [-0.1, -0.05) is 12.8 Å². The summed E-state index contributed by atoms with van der Waals surface area (Å²) in [5.41, 5.74) is 0. The van der Waals surface area contributed by atoms with Crippen LogP contribution in [0.4, 0.5) is 0 Å². The number of nitrogens with zero attached hydrogens (tertiary/aromatic N) is 1. The summed E-state index contributed by atoms with van der Waals surface area (Å²) < 4.78 is 24.7. The maximum atomic E-state index is 11.1. The van der Waals surface area contributed by atoms with Gasteiger partial charge in [-0.25, -0.2) is 13.1 Å². The predicted octanol–water partition coefficient (Wildman–Crippen LogP) is 0.551. The summed E-state index contributed by atoms with van der Waals surface area (Å²) >= 11 is 0. The summed E-state index contributed by atoms with van der Waals surface area (Å²) in [6.45, 7) is 2.25. The Bertz CT molecular complexity index is 385. The Hall–Kier alpha value is -0.170. The van der Waals surface area contributed by atoms with Crippen molar-refractivity contribution in [3.8, 4) is 0 Å². The van der Waals surface area contributed by atoms with Crippen molar-refractivity contribution in [1.82, 2.24) is 9.62 Å². The second-order valence-electron chi connectivity index (χ2n) is 5.93. The van der Waals surface area contributed by atoms with Gasteiger partial charge in [-0.05, 0) is 32.2 Å². The average molecular weight is 290 g/mol. The van der Waals surface area contributed by atoms with Crippen LogP contribution in [0.1, 0.15) is 38.5 Å². The molecule has 0 aromatic heterocycles. The molecule has 2 N–H and O–H groups in total. The van der Waals surface area contributed by atoms with Crippen LogP contribution in [0.15, 0.2) is 0 Å². The first-order chi connectivity index (χ1) is 8.97. The van der Waals surface area contributed by atoms with Crippen molar-refractivity contribution in [3.05, 3.63) is 0 Å². The highest BCUT2D eigenvalue weighted by Crippen LogP contribution is 2.34. The zero-order chi connectivity index (χ0) is 13.9. The Morgan fingerprint density at radius 3 is 2.63 bits per heavy atom. The van der Waals surface area contributed by atoms with Crippen molar-refractivity contribution in [2.75, 3.05) is 25.9 Å². The second-order valence-corrected chi connectivity index (χ2v) is 7.76. The van der Waals surface area contributed by atoms with Crippen molar-refractivity contribution in [2.24, 2.45) is 5.92 Å². The smallest absolute Gasteiger partial charge is 0.208 e. The molecule has 0 spiro atoms. The fourth-order valence-corrected chi connectivity index (χ4v) is 4.04. The molecule has 2 fully saturated rings. The summed E-state index contributed by atoms with van der Waals surface area (Å²) in [6, 6.07) is 0.441. The van der Waals surface area contributed by atoms with E-state index in [0.717, 1.165) is 45.2 Å². The molecule has 0 unspecified atom stereocenters. The second kappa shape index (κ2) is 6.52. The lowest BCUT2D eigenvalue weighted by Crippen LogP contribution is -2.45. The number of sulfonamides is 1. The molecule has 1 aliphatic heterocycles. The van der Waals surface area contributed by atoms with Crippen LogP contribution in [-0.2, 0) is 10.0 Å². The van der Waals surface area contributed by atoms with Gasteiger partial charge in [0.15, 0.2) is 0 Å². The van der Waals surface area contributed by atoms with Gasteiger partial charge < -0.3 is 5.11 Å². The Kier molecular flexibility index (Phi) is 5.22. The molecule has 0 radical (unpaired) electrons. The molecule has 5 nitrogen and oxygen atoms in total. The fourth-order valence-electron chi connectivity index (χ4n) is 3.58. The van der Waals surface area contributed by atoms with E-state index in [1.807, 2.05) is 0 Å². The van der Waals surface area contributed by atoms with E-state index in [1.54, 1.807) is 0 Å². The minimum absolute atomic E-state index is 0.165. The highest BCUT2D eigenvalue weighted by atomic mass is 32.2. The van der Waals surface area contributed by atoms with Crippen molar-refractivity contribution in [2.45, 2.75) is 50.7 Å². The molecule has 3 atom stereocenters. The standard InChI is InChI=1S/C13H26N2O3S/c1-19(17,18)14-8-10-15-9-4-6-12(15)11-5-2-3-7-13(11)16/h11-14,16H,2-10H2,1H3/t11-,12-,13+/m1/s1. The zero-order valence-corrected chi connectivity index (χ0v) is 12.5. The number of hydrogen-bond acceptors (Lipinski definition) is 4. The van der Waals surface area contributed by atoms with Gasteiger partial charge in [-0.15, -0.1) is 0 Å². The number of hydrogen-bond donors (Lipinski definition) is 2. The minimum Gasteiger partial charge on any atom is -0.393 e. The maximum absolute atomic E-state index is 11.1. The van der Waals surface area contributed by atoms with Crippen LogP contribution < -0.4 is 4.72 Å². The fraction of sp³-hybridized carbons (Fsp3) is 1.00. The molecule has 0 aromatic rings. The summed E-state index contributed by atoms with van der Waals surface area (Å²) in [5, 5.41) is 10.2. The van der Waals surface area contributed by atoms with E-state index in [2.05, 4.69) is 9.62 Å². The van der Waals surface area contributed by atoms with E-state index in [1.165, 1.54) is 12.7 Å². The summed E-state index contributed by atoms with van der Waals surface area (Å²) in [6.07, 6.45) is 7.72. The monoisotopic (exact) mass is 290 g/mol. The largest absolute Gasteiger partial charge is 0.393 e. The van der Waals surface area contributed by atoms with Gasteiger partial charge in [-0.3, -0.25) is 4.90 Å². The van der Waals surface area contributed by atoms with E-state index >= 15 is 0 Å². The first-order valence-corrected chi connectivity index (χ1v) is 9.23. The Labute approximate surface area is 116 Å². The summed E-state index contributed by atoms with van der Waals surface area (Å²) in [7, 11) is -3.09. The number of aliphatic hydroxyl groups is 1.